The van der Waals surface area contributed by atoms with Crippen molar-refractivity contribution >= 4 is 22.1 Å². The molecule has 1 heterocycles. The third kappa shape index (κ3) is 21.0. The lowest BCUT2D eigenvalue weighted by Crippen LogP contribution is -2.27. The zero-order valence-electron chi connectivity index (χ0n) is 39.8. The third-order valence-corrected chi connectivity index (χ3v) is 9.46. The van der Waals surface area contributed by atoms with E-state index >= 15 is 0 Å². The van der Waals surface area contributed by atoms with Gasteiger partial charge < -0.3 is 19.3 Å². The van der Waals surface area contributed by atoms with Gasteiger partial charge in [0.1, 0.15) is 41.7 Å². The summed E-state index contributed by atoms with van der Waals surface area (Å²) < 4.78 is 17.6. The predicted molar refractivity (Wildman–Crippen MR) is 302 cm³/mol. The van der Waals surface area contributed by atoms with Crippen LogP contribution in [0.1, 0.15) is 21.6 Å². The summed E-state index contributed by atoms with van der Waals surface area (Å²) in [5.41, 5.74) is 0.868. The molecule has 0 aliphatic carbocycles. The third-order valence-electron chi connectivity index (χ3n) is 8.48. The number of thiophene rings is 1. The lowest BCUT2D eigenvalue weighted by atomic mass is 9.84. The SMILES string of the molecule is C#CC#CC#CC#CC#CC#CC#CC#CC#CC#CC#COc1cc(COc2ccc3cc(C(O)(c4ccccc4)c4cccs4)ccc3c2)cc(OC#CC#CC#CC#CC#CC#CC#CC#CC#CC#CC#C)c1. The van der Waals surface area contributed by atoms with Gasteiger partial charge in [-0.1, -0.05) is 54.6 Å². The summed E-state index contributed by atoms with van der Waals surface area (Å²) in [6.07, 6.45) is 15.1. The van der Waals surface area contributed by atoms with E-state index in [1.807, 2.05) is 84.2 Å². The fourth-order valence-electron chi connectivity index (χ4n) is 5.51. The van der Waals surface area contributed by atoms with E-state index in [4.69, 9.17) is 27.1 Å². The standard InChI is InChI=1S/C72H22O4S/c1-3-5-7-9-11-13-15-17-19-21-23-25-27-29-31-33-35-37-39-44-54-74-69-57-63(58-70(61-69)75-55-45-40-38-36-34-32-30-28-26-24-22-20-18-16-14-12-10-8-6-4-2)62-76-68-53-51-64-59-67(52-50-65(64)60-68)72(73,71-49-46-56-77-71)66-47-42-41-43-48-66/h1-2,41-43,46-53,56-61,73H,62H2. The van der Waals surface area contributed by atoms with Crippen molar-refractivity contribution in [2.24, 2.45) is 0 Å². The Morgan fingerprint density at radius 3 is 1.16 bits per heavy atom. The molecule has 5 aromatic rings. The Kier molecular flexibility index (Phi) is 24.0. The first kappa shape index (κ1) is 54.5. The maximum Gasteiger partial charge on any atom is 0.149 e. The van der Waals surface area contributed by atoms with Crippen molar-refractivity contribution in [2.75, 3.05) is 0 Å². The van der Waals surface area contributed by atoms with E-state index < -0.39 is 5.60 Å². The normalized spacial score (nSPS) is 7.94. The van der Waals surface area contributed by atoms with Gasteiger partial charge >= 0.3 is 0 Å². The molecule has 340 valence electrons. The van der Waals surface area contributed by atoms with Gasteiger partial charge in [-0.3, -0.25) is 0 Å². The number of terminal acetylenes is 2. The predicted octanol–water partition coefficient (Wildman–Crippen LogP) is 6.77. The lowest BCUT2D eigenvalue weighted by Gasteiger charge is -2.29. The largest absolute Gasteiger partial charge is 0.489 e. The van der Waals surface area contributed by atoms with Gasteiger partial charge in [0.15, 0.2) is 0 Å². The van der Waals surface area contributed by atoms with Crippen molar-refractivity contribution in [3.8, 4) is 279 Å². The van der Waals surface area contributed by atoms with Crippen LogP contribution in [0.3, 0.4) is 0 Å². The van der Waals surface area contributed by atoms with Crippen LogP contribution in [0.15, 0.2) is 102 Å². The molecule has 0 fully saturated rings. The molecule has 5 heteroatoms. The van der Waals surface area contributed by atoms with Crippen LogP contribution < -0.4 is 14.2 Å². The summed E-state index contributed by atoms with van der Waals surface area (Å²) >= 11 is 1.50. The fourth-order valence-corrected chi connectivity index (χ4v) is 6.37. The molecule has 4 nitrogen and oxygen atoms in total. The fraction of sp³-hybridized carbons (Fsp3) is 0.0278. The highest BCUT2D eigenvalue weighted by Crippen LogP contribution is 2.40. The molecule has 0 saturated heterocycles. The van der Waals surface area contributed by atoms with Gasteiger partial charge in [-0.2, -0.15) is 0 Å². The molecule has 0 bridgehead atoms. The number of rotatable bonds is 8. The number of fused-ring (bicyclic) bond motifs is 1. The highest BCUT2D eigenvalue weighted by Gasteiger charge is 2.34. The monoisotopic (exact) mass is 982 g/mol. The Morgan fingerprint density at radius 2 is 0.753 bits per heavy atom. The quantitative estimate of drug-likeness (QED) is 0.175. The van der Waals surface area contributed by atoms with Crippen LogP contribution in [0.2, 0.25) is 0 Å². The molecule has 1 N–H and O–H groups in total. The Bertz CT molecular complexity index is 4410. The van der Waals surface area contributed by atoms with Gasteiger partial charge in [0.25, 0.3) is 0 Å². The number of hydrogen-bond donors (Lipinski definition) is 1. The summed E-state index contributed by atoms with van der Waals surface area (Å²) in [6.45, 7) is 0.126. The molecule has 77 heavy (non-hydrogen) atoms. The maximum atomic E-state index is 12.2. The molecule has 1 unspecified atom stereocenters. The van der Waals surface area contributed by atoms with E-state index in [0.29, 0.717) is 22.8 Å². The molecule has 0 amide bonds. The van der Waals surface area contributed by atoms with Crippen LogP contribution in [0.4, 0.5) is 0 Å². The van der Waals surface area contributed by atoms with E-state index in [2.05, 4.69) is 249 Å². The minimum atomic E-state index is -1.33. The Morgan fingerprint density at radius 1 is 0.364 bits per heavy atom. The van der Waals surface area contributed by atoms with E-state index in [9.17, 15) is 5.11 Å². The number of ether oxygens (including phenoxy) is 3. The minimum Gasteiger partial charge on any atom is -0.489 e. The number of aliphatic hydroxyl groups is 1. The van der Waals surface area contributed by atoms with Crippen LogP contribution in [0.25, 0.3) is 10.8 Å². The summed E-state index contributed by atoms with van der Waals surface area (Å²) in [6, 6.07) is 30.2. The highest BCUT2D eigenvalue weighted by atomic mass is 32.1. The Labute approximate surface area is 454 Å². The molecule has 0 aliphatic rings. The second-order valence-corrected chi connectivity index (χ2v) is 14.3. The molecule has 0 saturated carbocycles. The van der Waals surface area contributed by atoms with Crippen LogP contribution >= 0.6 is 11.3 Å². The van der Waals surface area contributed by atoms with Crippen LogP contribution in [0, 0.1) is 262 Å². The molecule has 4 aromatic carbocycles. The van der Waals surface area contributed by atoms with Crippen molar-refractivity contribution in [1.29, 1.82) is 0 Å². The first-order chi connectivity index (χ1) is 38.1. The van der Waals surface area contributed by atoms with E-state index in [1.54, 1.807) is 18.2 Å². The number of hydrogen-bond acceptors (Lipinski definition) is 5. The topological polar surface area (TPSA) is 47.9 Å². The van der Waals surface area contributed by atoms with Gasteiger partial charge in [0.05, 0.1) is 0 Å². The summed E-state index contributed by atoms with van der Waals surface area (Å²) in [7, 11) is 0. The average Bonchev–Trinajstić information content (AvgIpc) is 4.04. The van der Waals surface area contributed by atoms with E-state index in [0.717, 1.165) is 26.8 Å². The van der Waals surface area contributed by atoms with E-state index in [-0.39, 0.29) is 6.61 Å². The maximum absolute atomic E-state index is 12.2. The van der Waals surface area contributed by atoms with Crippen molar-refractivity contribution in [3.05, 3.63) is 124 Å². The highest BCUT2D eigenvalue weighted by molar-refractivity contribution is 7.10. The van der Waals surface area contributed by atoms with Crippen LogP contribution in [0.5, 0.6) is 17.2 Å². The van der Waals surface area contributed by atoms with Crippen molar-refractivity contribution in [1.82, 2.24) is 0 Å². The van der Waals surface area contributed by atoms with Gasteiger partial charge in [0.2, 0.25) is 0 Å². The molecular weight excluding hydrogens is 961 g/mol. The van der Waals surface area contributed by atoms with E-state index in [1.165, 1.54) is 11.3 Å². The Hall–Kier alpha value is -13.5. The zero-order chi connectivity index (χ0) is 54.0. The first-order valence-corrected chi connectivity index (χ1v) is 22.4. The summed E-state index contributed by atoms with van der Waals surface area (Å²) in [4.78, 5) is 0.817. The lowest BCUT2D eigenvalue weighted by molar-refractivity contribution is 0.130. The van der Waals surface area contributed by atoms with Crippen molar-refractivity contribution < 1.29 is 19.3 Å². The van der Waals surface area contributed by atoms with Crippen LogP contribution in [-0.2, 0) is 12.2 Å². The zero-order valence-corrected chi connectivity index (χ0v) is 40.6. The van der Waals surface area contributed by atoms with Gasteiger partial charge in [0, 0.05) is 153 Å². The molecule has 0 aliphatic heterocycles. The summed E-state index contributed by atoms with van der Waals surface area (Å²) in [5.74, 6) is 101. The van der Waals surface area contributed by atoms with Gasteiger partial charge in [-0.15, -0.1) is 24.2 Å². The molecule has 1 atom stereocenters. The van der Waals surface area contributed by atoms with Crippen molar-refractivity contribution in [2.45, 2.75) is 12.2 Å². The molecule has 5 rings (SSSR count). The molecule has 0 spiro atoms. The summed E-state index contributed by atoms with van der Waals surface area (Å²) in [5, 5.41) is 16.0. The van der Waals surface area contributed by atoms with Gasteiger partial charge in [-0.25, -0.2) is 0 Å². The molecular formula is C72H22O4S. The average molecular weight is 983 g/mol. The van der Waals surface area contributed by atoms with Gasteiger partial charge in [-0.05, 0) is 164 Å². The second-order valence-electron chi connectivity index (χ2n) is 13.3. The number of benzene rings is 4. The second kappa shape index (κ2) is 33.9. The first-order valence-electron chi connectivity index (χ1n) is 21.5. The van der Waals surface area contributed by atoms with Crippen LogP contribution in [-0.4, -0.2) is 5.11 Å². The Balaban J connectivity index is 1.25. The molecule has 0 radical (unpaired) electrons. The van der Waals surface area contributed by atoms with Crippen molar-refractivity contribution in [3.63, 3.8) is 0 Å². The molecule has 1 aromatic heterocycles. The minimum absolute atomic E-state index is 0.126. The smallest absolute Gasteiger partial charge is 0.149 e.